The average Bonchev–Trinajstić information content (AvgIpc) is 2.92. The van der Waals surface area contributed by atoms with Gasteiger partial charge in [0.1, 0.15) is 0 Å². The molecule has 0 fully saturated rings. The van der Waals surface area contributed by atoms with Crippen molar-refractivity contribution < 1.29 is 9.47 Å². The average molecular weight is 279 g/mol. The zero-order chi connectivity index (χ0) is 13.3. The normalized spacial score (nSPS) is 10.8. The van der Waals surface area contributed by atoms with Gasteiger partial charge in [-0.1, -0.05) is 0 Å². The minimum atomic E-state index is 0.636. The maximum absolute atomic E-state index is 5.43. The van der Waals surface area contributed by atoms with E-state index in [1.165, 1.54) is 0 Å². The summed E-state index contributed by atoms with van der Waals surface area (Å²) in [6, 6.07) is 3.93. The van der Waals surface area contributed by atoms with Crippen molar-refractivity contribution in [1.29, 1.82) is 0 Å². The van der Waals surface area contributed by atoms with E-state index in [9.17, 15) is 0 Å². The molecule has 0 saturated carbocycles. The molecule has 0 unspecified atom stereocenters. The molecular weight excluding hydrogens is 262 g/mol. The summed E-state index contributed by atoms with van der Waals surface area (Å²) in [5.74, 6) is 0.885. The number of rotatable bonds is 8. The summed E-state index contributed by atoms with van der Waals surface area (Å²) in [5, 5.41) is 7.10. The van der Waals surface area contributed by atoms with E-state index in [4.69, 9.17) is 9.47 Å². The summed E-state index contributed by atoms with van der Waals surface area (Å²) in [4.78, 5) is 5.23. The Labute approximate surface area is 116 Å². The van der Waals surface area contributed by atoms with E-state index in [0.717, 1.165) is 21.9 Å². The Kier molecular flexibility index (Phi) is 5.87. The molecule has 19 heavy (non-hydrogen) atoms. The van der Waals surface area contributed by atoms with Gasteiger partial charge in [-0.05, 0) is 12.1 Å². The molecule has 2 heterocycles. The molecule has 0 saturated heterocycles. The van der Waals surface area contributed by atoms with E-state index < -0.39 is 0 Å². The predicted octanol–water partition coefficient (Wildman–Crippen LogP) is 2.23. The molecule has 0 atom stereocenters. The SMILES string of the molecule is COCCOCCSc1cn[nH]c1-c1cccnc1. The first kappa shape index (κ1) is 14.0. The largest absolute Gasteiger partial charge is 0.382 e. The lowest BCUT2D eigenvalue weighted by Crippen LogP contribution is -2.04. The van der Waals surface area contributed by atoms with Crippen LogP contribution in [-0.4, -0.2) is 47.9 Å². The van der Waals surface area contributed by atoms with E-state index >= 15 is 0 Å². The van der Waals surface area contributed by atoms with E-state index in [1.807, 2.05) is 24.5 Å². The number of ether oxygens (including phenoxy) is 2. The molecule has 0 amide bonds. The van der Waals surface area contributed by atoms with Gasteiger partial charge in [0.05, 0.1) is 36.6 Å². The van der Waals surface area contributed by atoms with E-state index in [0.29, 0.717) is 19.8 Å². The van der Waals surface area contributed by atoms with Crippen molar-refractivity contribution in [2.75, 3.05) is 32.7 Å². The second kappa shape index (κ2) is 7.93. The number of methoxy groups -OCH3 is 1. The highest BCUT2D eigenvalue weighted by Crippen LogP contribution is 2.28. The van der Waals surface area contributed by atoms with Crippen LogP contribution in [0, 0.1) is 0 Å². The number of thioether (sulfide) groups is 1. The second-order valence-corrected chi connectivity index (χ2v) is 4.94. The Morgan fingerprint density at radius 2 is 2.21 bits per heavy atom. The predicted molar refractivity (Wildman–Crippen MR) is 75.2 cm³/mol. The standard InChI is InChI=1S/C13H17N3O2S/c1-17-5-6-18-7-8-19-12-10-15-16-13(12)11-3-2-4-14-9-11/h2-4,9-10H,5-8H2,1H3,(H,15,16). The molecular formula is C13H17N3O2S. The topological polar surface area (TPSA) is 60.0 Å². The van der Waals surface area contributed by atoms with Gasteiger partial charge in [-0.2, -0.15) is 5.10 Å². The van der Waals surface area contributed by atoms with Crippen LogP contribution in [-0.2, 0) is 9.47 Å². The van der Waals surface area contributed by atoms with Gasteiger partial charge in [-0.25, -0.2) is 0 Å². The third kappa shape index (κ3) is 4.34. The number of nitrogens with zero attached hydrogens (tertiary/aromatic N) is 2. The maximum atomic E-state index is 5.43. The fourth-order valence-electron chi connectivity index (χ4n) is 1.56. The Morgan fingerprint density at radius 1 is 1.26 bits per heavy atom. The summed E-state index contributed by atoms with van der Waals surface area (Å²) in [6.07, 6.45) is 5.42. The molecule has 2 aromatic rings. The molecule has 0 aliphatic heterocycles. The van der Waals surface area contributed by atoms with E-state index in [1.54, 1.807) is 25.1 Å². The molecule has 2 rings (SSSR count). The molecule has 102 valence electrons. The molecule has 0 bridgehead atoms. The third-order valence-electron chi connectivity index (χ3n) is 2.47. The van der Waals surface area contributed by atoms with Crippen molar-refractivity contribution in [3.8, 4) is 11.3 Å². The van der Waals surface area contributed by atoms with Gasteiger partial charge >= 0.3 is 0 Å². The van der Waals surface area contributed by atoms with Gasteiger partial charge in [0.2, 0.25) is 0 Å². The lowest BCUT2D eigenvalue weighted by Gasteiger charge is -2.04. The number of aromatic amines is 1. The lowest BCUT2D eigenvalue weighted by atomic mass is 10.2. The van der Waals surface area contributed by atoms with Crippen LogP contribution in [0.5, 0.6) is 0 Å². The fourth-order valence-corrected chi connectivity index (χ4v) is 2.41. The minimum Gasteiger partial charge on any atom is -0.382 e. The Morgan fingerprint density at radius 3 is 3.00 bits per heavy atom. The van der Waals surface area contributed by atoms with Crippen molar-refractivity contribution in [2.24, 2.45) is 0 Å². The van der Waals surface area contributed by atoms with Crippen LogP contribution in [0.25, 0.3) is 11.3 Å². The lowest BCUT2D eigenvalue weighted by molar-refractivity contribution is 0.0790. The number of hydrogen-bond donors (Lipinski definition) is 1. The molecule has 2 aromatic heterocycles. The molecule has 0 aliphatic carbocycles. The Balaban J connectivity index is 1.83. The molecule has 1 N–H and O–H groups in total. The number of aromatic nitrogens is 3. The minimum absolute atomic E-state index is 0.636. The highest BCUT2D eigenvalue weighted by atomic mass is 32.2. The van der Waals surface area contributed by atoms with Gasteiger partial charge < -0.3 is 9.47 Å². The van der Waals surface area contributed by atoms with Crippen LogP contribution in [0.4, 0.5) is 0 Å². The van der Waals surface area contributed by atoms with Crippen LogP contribution in [0.15, 0.2) is 35.6 Å². The summed E-state index contributed by atoms with van der Waals surface area (Å²) < 4.78 is 10.3. The number of nitrogens with one attached hydrogen (secondary N) is 1. The van der Waals surface area contributed by atoms with Crippen molar-refractivity contribution in [3.05, 3.63) is 30.7 Å². The molecule has 0 aliphatic rings. The molecule has 6 heteroatoms. The molecule has 0 spiro atoms. The van der Waals surface area contributed by atoms with Crippen molar-refractivity contribution in [2.45, 2.75) is 4.90 Å². The third-order valence-corrected chi connectivity index (χ3v) is 3.46. The highest BCUT2D eigenvalue weighted by molar-refractivity contribution is 7.99. The molecule has 0 radical (unpaired) electrons. The van der Waals surface area contributed by atoms with Crippen LogP contribution in [0.1, 0.15) is 0 Å². The number of hydrogen-bond acceptors (Lipinski definition) is 5. The number of H-pyrrole nitrogens is 1. The summed E-state index contributed by atoms with van der Waals surface area (Å²) in [7, 11) is 1.67. The summed E-state index contributed by atoms with van der Waals surface area (Å²) >= 11 is 1.72. The van der Waals surface area contributed by atoms with Crippen molar-refractivity contribution >= 4 is 11.8 Å². The van der Waals surface area contributed by atoms with Crippen LogP contribution in [0.3, 0.4) is 0 Å². The monoisotopic (exact) mass is 279 g/mol. The van der Waals surface area contributed by atoms with Crippen molar-refractivity contribution in [3.63, 3.8) is 0 Å². The van der Waals surface area contributed by atoms with Gasteiger partial charge in [0, 0.05) is 30.8 Å². The van der Waals surface area contributed by atoms with E-state index in [2.05, 4.69) is 15.2 Å². The second-order valence-electron chi connectivity index (χ2n) is 3.80. The summed E-state index contributed by atoms with van der Waals surface area (Å²) in [6.45, 7) is 1.97. The van der Waals surface area contributed by atoms with Crippen LogP contribution in [0.2, 0.25) is 0 Å². The Hall–Kier alpha value is -1.37. The first-order chi connectivity index (χ1) is 9.42. The quantitative estimate of drug-likeness (QED) is 0.593. The van der Waals surface area contributed by atoms with Gasteiger partial charge in [0.15, 0.2) is 0 Å². The first-order valence-electron chi connectivity index (χ1n) is 6.05. The number of pyridine rings is 1. The van der Waals surface area contributed by atoms with Crippen LogP contribution >= 0.6 is 11.8 Å². The van der Waals surface area contributed by atoms with Crippen LogP contribution < -0.4 is 0 Å². The zero-order valence-corrected chi connectivity index (χ0v) is 11.7. The molecule has 0 aromatic carbocycles. The van der Waals surface area contributed by atoms with E-state index in [-0.39, 0.29) is 0 Å². The summed E-state index contributed by atoms with van der Waals surface area (Å²) in [5.41, 5.74) is 2.05. The van der Waals surface area contributed by atoms with Crippen molar-refractivity contribution in [1.82, 2.24) is 15.2 Å². The smallest absolute Gasteiger partial charge is 0.0801 e. The fraction of sp³-hybridized carbons (Fsp3) is 0.385. The van der Waals surface area contributed by atoms with Gasteiger partial charge in [-0.15, -0.1) is 11.8 Å². The zero-order valence-electron chi connectivity index (χ0n) is 10.8. The first-order valence-corrected chi connectivity index (χ1v) is 7.03. The Bertz CT molecular complexity index is 476. The molecule has 5 nitrogen and oxygen atoms in total. The van der Waals surface area contributed by atoms with Gasteiger partial charge in [-0.3, -0.25) is 10.1 Å². The maximum Gasteiger partial charge on any atom is 0.0801 e. The van der Waals surface area contributed by atoms with Gasteiger partial charge in [0.25, 0.3) is 0 Å². The highest BCUT2D eigenvalue weighted by Gasteiger charge is 2.07.